The number of carbonyl (C=O) groups excluding carboxylic acids is 2. The third-order valence-corrected chi connectivity index (χ3v) is 3.66. The Morgan fingerprint density at radius 2 is 1.92 bits per heavy atom. The molecule has 0 atom stereocenters. The first-order valence-corrected chi connectivity index (χ1v) is 7.74. The number of benzene rings is 2. The maximum absolute atomic E-state index is 12.3. The van der Waals surface area contributed by atoms with Gasteiger partial charge >= 0.3 is 0 Å². The van der Waals surface area contributed by atoms with Crippen molar-refractivity contribution in [2.45, 2.75) is 6.92 Å². The van der Waals surface area contributed by atoms with Crippen LogP contribution in [0.15, 0.2) is 42.5 Å². The molecule has 7 heteroatoms. The molecule has 0 aromatic heterocycles. The fourth-order valence-corrected chi connectivity index (χ4v) is 2.38. The van der Waals surface area contributed by atoms with E-state index < -0.39 is 5.91 Å². The Kier molecular flexibility index (Phi) is 5.98. The molecule has 0 unspecified atom stereocenters. The molecule has 6 nitrogen and oxygen atoms in total. The van der Waals surface area contributed by atoms with E-state index in [0.29, 0.717) is 27.7 Å². The highest BCUT2D eigenvalue weighted by Gasteiger charge is 2.17. The summed E-state index contributed by atoms with van der Waals surface area (Å²) in [6, 6.07) is 13.3. The van der Waals surface area contributed by atoms with Gasteiger partial charge in [-0.2, -0.15) is 5.26 Å². The van der Waals surface area contributed by atoms with E-state index in [1.54, 1.807) is 42.5 Å². The summed E-state index contributed by atoms with van der Waals surface area (Å²) in [4.78, 5) is 25.6. The molecule has 0 aliphatic rings. The molecule has 0 bridgehead atoms. The number of nitriles is 1. The molecule has 1 N–H and O–H groups in total. The zero-order valence-corrected chi connectivity index (χ0v) is 14.5. The second-order valence-corrected chi connectivity index (χ2v) is 5.59. The first-order chi connectivity index (χ1) is 11.9. The van der Waals surface area contributed by atoms with Crippen molar-refractivity contribution in [2.24, 2.45) is 0 Å². The summed E-state index contributed by atoms with van der Waals surface area (Å²) in [6.45, 7) is 1.18. The zero-order valence-electron chi connectivity index (χ0n) is 13.7. The molecule has 0 spiro atoms. The van der Waals surface area contributed by atoms with Crippen molar-refractivity contribution >= 4 is 34.8 Å². The average molecular weight is 358 g/mol. The standard InChI is InChI=1S/C18H16ClN3O3/c1-12(23)22(15-6-3-13(10-20)4-7-15)11-18(24)21-16-9-14(19)5-8-17(16)25-2/h3-9H,11H2,1-2H3,(H,21,24). The van der Waals surface area contributed by atoms with Gasteiger partial charge in [0.25, 0.3) is 0 Å². The second-order valence-electron chi connectivity index (χ2n) is 5.16. The fourth-order valence-electron chi connectivity index (χ4n) is 2.21. The van der Waals surface area contributed by atoms with E-state index in [1.165, 1.54) is 18.9 Å². The van der Waals surface area contributed by atoms with Gasteiger partial charge in [0.05, 0.1) is 24.4 Å². The number of nitrogens with zero attached hydrogens (tertiary/aromatic N) is 2. The molecule has 0 saturated heterocycles. The molecular formula is C18H16ClN3O3. The molecule has 25 heavy (non-hydrogen) atoms. The third-order valence-electron chi connectivity index (χ3n) is 3.43. The Bertz CT molecular complexity index is 828. The molecular weight excluding hydrogens is 342 g/mol. The van der Waals surface area contributed by atoms with Gasteiger partial charge in [0.1, 0.15) is 12.3 Å². The molecule has 0 fully saturated rings. The molecule has 0 heterocycles. The molecule has 0 aliphatic heterocycles. The van der Waals surface area contributed by atoms with Gasteiger partial charge in [-0.05, 0) is 42.5 Å². The molecule has 2 amide bonds. The summed E-state index contributed by atoms with van der Waals surface area (Å²) in [6.07, 6.45) is 0. The number of hydrogen-bond acceptors (Lipinski definition) is 4. The first kappa shape index (κ1) is 18.3. The van der Waals surface area contributed by atoms with Crippen LogP contribution in [0.25, 0.3) is 0 Å². The van der Waals surface area contributed by atoms with Crippen LogP contribution in [0, 0.1) is 11.3 Å². The van der Waals surface area contributed by atoms with Crippen molar-refractivity contribution in [1.29, 1.82) is 5.26 Å². The monoisotopic (exact) mass is 357 g/mol. The number of hydrogen-bond donors (Lipinski definition) is 1. The predicted octanol–water partition coefficient (Wildman–Crippen LogP) is 3.21. The summed E-state index contributed by atoms with van der Waals surface area (Å²) >= 11 is 5.94. The van der Waals surface area contributed by atoms with E-state index in [4.69, 9.17) is 21.6 Å². The summed E-state index contributed by atoms with van der Waals surface area (Å²) < 4.78 is 5.18. The maximum Gasteiger partial charge on any atom is 0.244 e. The van der Waals surface area contributed by atoms with Crippen LogP contribution < -0.4 is 15.0 Å². The van der Waals surface area contributed by atoms with Crippen LogP contribution in [-0.4, -0.2) is 25.5 Å². The third kappa shape index (κ3) is 4.72. The molecule has 128 valence electrons. The molecule has 0 saturated carbocycles. The van der Waals surface area contributed by atoms with E-state index in [-0.39, 0.29) is 12.5 Å². The lowest BCUT2D eigenvalue weighted by Gasteiger charge is -2.21. The van der Waals surface area contributed by atoms with Gasteiger partial charge < -0.3 is 15.0 Å². The molecule has 2 rings (SSSR count). The Balaban J connectivity index is 2.17. The zero-order chi connectivity index (χ0) is 18.4. The summed E-state index contributed by atoms with van der Waals surface area (Å²) in [7, 11) is 1.48. The number of halogens is 1. The molecule has 0 radical (unpaired) electrons. The van der Waals surface area contributed by atoms with Crippen molar-refractivity contribution in [2.75, 3.05) is 23.9 Å². The normalized spacial score (nSPS) is 9.84. The van der Waals surface area contributed by atoms with E-state index in [0.717, 1.165) is 0 Å². The number of rotatable bonds is 5. The lowest BCUT2D eigenvalue weighted by Crippen LogP contribution is -2.36. The number of nitrogens with one attached hydrogen (secondary N) is 1. The largest absolute Gasteiger partial charge is 0.495 e. The van der Waals surface area contributed by atoms with Gasteiger partial charge in [0, 0.05) is 17.6 Å². The first-order valence-electron chi connectivity index (χ1n) is 7.36. The van der Waals surface area contributed by atoms with Gasteiger partial charge in [0.15, 0.2) is 0 Å². The van der Waals surface area contributed by atoms with Crippen LogP contribution in [0.5, 0.6) is 5.75 Å². The number of amides is 2. The van der Waals surface area contributed by atoms with Crippen LogP contribution in [0.1, 0.15) is 12.5 Å². The molecule has 2 aromatic rings. The average Bonchev–Trinajstić information content (AvgIpc) is 2.60. The van der Waals surface area contributed by atoms with E-state index in [1.807, 2.05) is 6.07 Å². The number of ether oxygens (including phenoxy) is 1. The summed E-state index contributed by atoms with van der Waals surface area (Å²) in [5.74, 6) is -0.233. The number of methoxy groups -OCH3 is 1. The number of anilines is 2. The van der Waals surface area contributed by atoms with Crippen molar-refractivity contribution < 1.29 is 14.3 Å². The Morgan fingerprint density at radius 1 is 1.24 bits per heavy atom. The van der Waals surface area contributed by atoms with Crippen LogP contribution in [0.4, 0.5) is 11.4 Å². The van der Waals surface area contributed by atoms with Gasteiger partial charge in [-0.1, -0.05) is 11.6 Å². The van der Waals surface area contributed by atoms with Gasteiger partial charge in [0.2, 0.25) is 11.8 Å². The number of carbonyl (C=O) groups is 2. The SMILES string of the molecule is COc1ccc(Cl)cc1NC(=O)CN(C(C)=O)c1ccc(C#N)cc1. The smallest absolute Gasteiger partial charge is 0.244 e. The quantitative estimate of drug-likeness (QED) is 0.890. The fraction of sp³-hybridized carbons (Fsp3) is 0.167. The van der Waals surface area contributed by atoms with Crippen LogP contribution in [0.2, 0.25) is 5.02 Å². The van der Waals surface area contributed by atoms with Crippen LogP contribution in [-0.2, 0) is 9.59 Å². The molecule has 2 aromatic carbocycles. The Hall–Kier alpha value is -3.04. The van der Waals surface area contributed by atoms with Crippen LogP contribution >= 0.6 is 11.6 Å². The lowest BCUT2D eigenvalue weighted by molar-refractivity contribution is -0.120. The van der Waals surface area contributed by atoms with E-state index >= 15 is 0 Å². The minimum Gasteiger partial charge on any atom is -0.495 e. The lowest BCUT2D eigenvalue weighted by atomic mass is 10.2. The van der Waals surface area contributed by atoms with Crippen molar-refractivity contribution in [3.8, 4) is 11.8 Å². The van der Waals surface area contributed by atoms with Gasteiger partial charge in [-0.25, -0.2) is 0 Å². The molecule has 0 aliphatic carbocycles. The highest BCUT2D eigenvalue weighted by Crippen LogP contribution is 2.27. The summed E-state index contributed by atoms with van der Waals surface area (Å²) in [5, 5.41) is 12.0. The Labute approximate surface area is 150 Å². The van der Waals surface area contributed by atoms with E-state index in [2.05, 4.69) is 5.32 Å². The Morgan fingerprint density at radius 3 is 2.48 bits per heavy atom. The second kappa shape index (κ2) is 8.18. The van der Waals surface area contributed by atoms with Crippen molar-refractivity contribution in [3.05, 3.63) is 53.1 Å². The van der Waals surface area contributed by atoms with Crippen LogP contribution in [0.3, 0.4) is 0 Å². The maximum atomic E-state index is 12.3. The summed E-state index contributed by atoms with van der Waals surface area (Å²) in [5.41, 5.74) is 1.42. The highest BCUT2D eigenvalue weighted by molar-refractivity contribution is 6.31. The van der Waals surface area contributed by atoms with Gasteiger partial charge in [-0.3, -0.25) is 9.59 Å². The van der Waals surface area contributed by atoms with Crippen molar-refractivity contribution in [1.82, 2.24) is 0 Å². The minimum atomic E-state index is -0.403. The predicted molar refractivity (Wildman–Crippen MR) is 95.8 cm³/mol. The van der Waals surface area contributed by atoms with Crippen molar-refractivity contribution in [3.63, 3.8) is 0 Å². The topological polar surface area (TPSA) is 82.4 Å². The van der Waals surface area contributed by atoms with E-state index in [9.17, 15) is 9.59 Å². The highest BCUT2D eigenvalue weighted by atomic mass is 35.5. The van der Waals surface area contributed by atoms with Gasteiger partial charge in [-0.15, -0.1) is 0 Å². The minimum absolute atomic E-state index is 0.184.